The van der Waals surface area contributed by atoms with Gasteiger partial charge in [0.15, 0.2) is 0 Å². The fourth-order valence-corrected chi connectivity index (χ4v) is 2.02. The molecule has 1 aliphatic heterocycles. The fraction of sp³-hybridized carbons (Fsp3) is 0.455. The molecule has 0 amide bonds. The number of aliphatic hydroxyl groups is 1. The minimum atomic E-state index is -4.43. The molecular formula is C11H13F3N2O. The van der Waals surface area contributed by atoms with Crippen molar-refractivity contribution in [2.75, 3.05) is 23.7 Å². The van der Waals surface area contributed by atoms with Gasteiger partial charge in [-0.1, -0.05) is 0 Å². The number of nitrogen functional groups attached to an aromatic ring is 1. The van der Waals surface area contributed by atoms with Gasteiger partial charge in [0.1, 0.15) is 0 Å². The van der Waals surface area contributed by atoms with Crippen molar-refractivity contribution < 1.29 is 18.3 Å². The van der Waals surface area contributed by atoms with Crippen molar-refractivity contribution in [3.8, 4) is 0 Å². The molecule has 1 aromatic rings. The Kier molecular flexibility index (Phi) is 2.91. The average Bonchev–Trinajstić information content (AvgIpc) is 2.63. The second kappa shape index (κ2) is 4.10. The quantitative estimate of drug-likeness (QED) is 0.743. The Hall–Kier alpha value is -1.43. The van der Waals surface area contributed by atoms with Crippen LogP contribution in [0.5, 0.6) is 0 Å². The Morgan fingerprint density at radius 2 is 2.06 bits per heavy atom. The fourth-order valence-electron chi connectivity index (χ4n) is 2.02. The van der Waals surface area contributed by atoms with Crippen LogP contribution in [0.3, 0.4) is 0 Å². The predicted octanol–water partition coefficient (Wildman–Crippen LogP) is 1.86. The molecule has 0 spiro atoms. The number of anilines is 2. The first kappa shape index (κ1) is 12.0. The summed E-state index contributed by atoms with van der Waals surface area (Å²) in [4.78, 5) is 1.53. The zero-order chi connectivity index (χ0) is 12.6. The summed E-state index contributed by atoms with van der Waals surface area (Å²) in [6, 6.07) is 3.73. The van der Waals surface area contributed by atoms with Crippen molar-refractivity contribution in [3.05, 3.63) is 23.8 Å². The van der Waals surface area contributed by atoms with Gasteiger partial charge in [-0.2, -0.15) is 13.2 Å². The number of hydrogen-bond acceptors (Lipinski definition) is 3. The average molecular weight is 246 g/mol. The zero-order valence-corrected chi connectivity index (χ0v) is 9.04. The van der Waals surface area contributed by atoms with E-state index in [0.717, 1.165) is 6.07 Å². The summed E-state index contributed by atoms with van der Waals surface area (Å²) in [6.07, 6.45) is -4.51. The predicted molar refractivity (Wildman–Crippen MR) is 58.7 cm³/mol. The van der Waals surface area contributed by atoms with Crippen molar-refractivity contribution in [2.24, 2.45) is 0 Å². The summed E-state index contributed by atoms with van der Waals surface area (Å²) in [5.41, 5.74) is 4.81. The maximum atomic E-state index is 12.8. The van der Waals surface area contributed by atoms with E-state index in [-0.39, 0.29) is 17.9 Å². The molecule has 0 radical (unpaired) electrons. The molecule has 3 N–H and O–H groups in total. The summed E-state index contributed by atoms with van der Waals surface area (Å²) < 4.78 is 38.5. The first-order chi connectivity index (χ1) is 7.88. The molecule has 1 saturated heterocycles. The number of nitrogens with zero attached hydrogens (tertiary/aromatic N) is 1. The highest BCUT2D eigenvalue weighted by Gasteiger charge is 2.36. The molecule has 1 fully saturated rings. The van der Waals surface area contributed by atoms with Crippen LogP contribution >= 0.6 is 0 Å². The van der Waals surface area contributed by atoms with Crippen LogP contribution in [-0.4, -0.2) is 24.3 Å². The zero-order valence-electron chi connectivity index (χ0n) is 9.04. The highest BCUT2D eigenvalue weighted by atomic mass is 19.4. The lowest BCUT2D eigenvalue weighted by Gasteiger charge is -2.23. The van der Waals surface area contributed by atoms with Crippen LogP contribution in [-0.2, 0) is 6.18 Å². The van der Waals surface area contributed by atoms with Gasteiger partial charge >= 0.3 is 6.18 Å². The second-order valence-electron chi connectivity index (χ2n) is 4.16. The monoisotopic (exact) mass is 246 g/mol. The SMILES string of the molecule is Nc1ccc(N2CC[C@H](O)C2)c(C(F)(F)F)c1. The lowest BCUT2D eigenvalue weighted by molar-refractivity contribution is -0.137. The molecule has 3 nitrogen and oxygen atoms in total. The van der Waals surface area contributed by atoms with Crippen LogP contribution in [0.15, 0.2) is 18.2 Å². The molecule has 94 valence electrons. The molecule has 1 atom stereocenters. The van der Waals surface area contributed by atoms with E-state index in [1.165, 1.54) is 17.0 Å². The van der Waals surface area contributed by atoms with Gasteiger partial charge in [-0.25, -0.2) is 0 Å². The maximum Gasteiger partial charge on any atom is 0.418 e. The van der Waals surface area contributed by atoms with E-state index in [1.54, 1.807) is 0 Å². The summed E-state index contributed by atoms with van der Waals surface area (Å²) in [6.45, 7) is 0.654. The Morgan fingerprint density at radius 1 is 1.35 bits per heavy atom. The summed E-state index contributed by atoms with van der Waals surface area (Å²) in [5.74, 6) is 0. The number of β-amino-alcohol motifs (C(OH)–C–C–N with tert-alkyl or cyclic N) is 1. The lowest BCUT2D eigenvalue weighted by Crippen LogP contribution is -2.24. The van der Waals surface area contributed by atoms with Crippen LogP contribution in [0.25, 0.3) is 0 Å². The van der Waals surface area contributed by atoms with E-state index in [4.69, 9.17) is 5.73 Å². The van der Waals surface area contributed by atoms with Gasteiger partial charge in [-0.05, 0) is 24.6 Å². The van der Waals surface area contributed by atoms with Crippen LogP contribution in [0.1, 0.15) is 12.0 Å². The Balaban J connectivity index is 2.39. The van der Waals surface area contributed by atoms with E-state index >= 15 is 0 Å². The molecule has 17 heavy (non-hydrogen) atoms. The van der Waals surface area contributed by atoms with Gasteiger partial charge in [0, 0.05) is 24.5 Å². The number of aliphatic hydroxyl groups excluding tert-OH is 1. The summed E-state index contributed by atoms with van der Waals surface area (Å²) in [7, 11) is 0. The van der Waals surface area contributed by atoms with Crippen molar-refractivity contribution in [3.63, 3.8) is 0 Å². The molecular weight excluding hydrogens is 233 g/mol. The summed E-state index contributed by atoms with van der Waals surface area (Å²) >= 11 is 0. The third-order valence-corrected chi connectivity index (χ3v) is 2.83. The minimum Gasteiger partial charge on any atom is -0.399 e. The molecule has 0 saturated carbocycles. The molecule has 2 rings (SSSR count). The van der Waals surface area contributed by atoms with Gasteiger partial charge in [-0.3, -0.25) is 0 Å². The Morgan fingerprint density at radius 3 is 2.59 bits per heavy atom. The lowest BCUT2D eigenvalue weighted by atomic mass is 10.1. The van der Waals surface area contributed by atoms with E-state index in [9.17, 15) is 18.3 Å². The van der Waals surface area contributed by atoms with Crippen LogP contribution in [0.4, 0.5) is 24.5 Å². The smallest absolute Gasteiger partial charge is 0.399 e. The van der Waals surface area contributed by atoms with E-state index in [2.05, 4.69) is 0 Å². The topological polar surface area (TPSA) is 49.5 Å². The number of alkyl halides is 3. The number of hydrogen-bond donors (Lipinski definition) is 2. The number of rotatable bonds is 1. The largest absolute Gasteiger partial charge is 0.418 e. The van der Waals surface area contributed by atoms with Gasteiger partial charge in [0.2, 0.25) is 0 Å². The van der Waals surface area contributed by atoms with E-state index in [1.807, 2.05) is 0 Å². The van der Waals surface area contributed by atoms with Crippen LogP contribution in [0.2, 0.25) is 0 Å². The van der Waals surface area contributed by atoms with E-state index < -0.39 is 17.8 Å². The van der Waals surface area contributed by atoms with Crippen molar-refractivity contribution in [1.82, 2.24) is 0 Å². The molecule has 0 aliphatic carbocycles. The van der Waals surface area contributed by atoms with Crippen molar-refractivity contribution in [2.45, 2.75) is 18.7 Å². The van der Waals surface area contributed by atoms with Crippen molar-refractivity contribution in [1.29, 1.82) is 0 Å². The normalized spacial score (nSPS) is 20.9. The number of nitrogens with two attached hydrogens (primary N) is 1. The van der Waals surface area contributed by atoms with Gasteiger partial charge in [0.05, 0.1) is 11.7 Å². The number of halogens is 3. The Bertz CT molecular complexity index is 420. The highest BCUT2D eigenvalue weighted by molar-refractivity contribution is 5.61. The van der Waals surface area contributed by atoms with Gasteiger partial charge in [0.25, 0.3) is 0 Å². The molecule has 6 heteroatoms. The van der Waals surface area contributed by atoms with Crippen molar-refractivity contribution >= 4 is 11.4 Å². The Labute approximate surface area is 96.6 Å². The highest BCUT2D eigenvalue weighted by Crippen LogP contribution is 2.38. The van der Waals surface area contributed by atoms with E-state index in [0.29, 0.717) is 13.0 Å². The van der Waals surface area contributed by atoms with Gasteiger partial charge < -0.3 is 15.7 Å². The third kappa shape index (κ3) is 2.46. The first-order valence-corrected chi connectivity index (χ1v) is 5.27. The molecule has 0 aromatic heterocycles. The number of benzene rings is 1. The summed E-state index contributed by atoms with van der Waals surface area (Å²) in [5, 5.41) is 9.36. The van der Waals surface area contributed by atoms with Crippen LogP contribution < -0.4 is 10.6 Å². The first-order valence-electron chi connectivity index (χ1n) is 5.27. The third-order valence-electron chi connectivity index (χ3n) is 2.83. The maximum absolute atomic E-state index is 12.8. The molecule has 0 unspecified atom stereocenters. The standard InChI is InChI=1S/C11H13F3N2O/c12-11(13,14)9-5-7(15)1-2-10(9)16-4-3-8(17)6-16/h1-2,5,8,17H,3-4,6,15H2/t8-/m0/s1. The van der Waals surface area contributed by atoms with Gasteiger partial charge in [-0.15, -0.1) is 0 Å². The molecule has 1 aromatic carbocycles. The van der Waals surface area contributed by atoms with Crippen LogP contribution in [0, 0.1) is 0 Å². The second-order valence-corrected chi connectivity index (χ2v) is 4.16. The minimum absolute atomic E-state index is 0.0841. The molecule has 0 bridgehead atoms. The molecule has 1 heterocycles. The molecule has 1 aliphatic rings.